The summed E-state index contributed by atoms with van der Waals surface area (Å²) >= 11 is 0. The number of nitrogens with one attached hydrogen (secondary N) is 1. The second-order valence-corrected chi connectivity index (χ2v) is 7.68. The summed E-state index contributed by atoms with van der Waals surface area (Å²) in [5.74, 6) is 0.482. The number of ether oxygens (including phenoxy) is 1. The van der Waals surface area contributed by atoms with Gasteiger partial charge in [0.05, 0.1) is 17.9 Å². The molecule has 2 aliphatic rings. The van der Waals surface area contributed by atoms with Crippen molar-refractivity contribution in [3.63, 3.8) is 0 Å². The highest BCUT2D eigenvalue weighted by molar-refractivity contribution is 7.61. The lowest BCUT2D eigenvalue weighted by Gasteiger charge is -2.37. The van der Waals surface area contributed by atoms with Gasteiger partial charge < -0.3 is 24.5 Å². The molecule has 132 valence electrons. The minimum Gasteiger partial charge on any atom is -0.487 e. The van der Waals surface area contributed by atoms with Gasteiger partial charge in [0.25, 0.3) is 0 Å². The van der Waals surface area contributed by atoms with E-state index in [0.717, 1.165) is 43.3 Å². The molecule has 0 aromatic heterocycles. The number of benzene rings is 2. The van der Waals surface area contributed by atoms with Crippen LogP contribution < -0.4 is 24.9 Å². The maximum Gasteiger partial charge on any atom is 0.166 e. The molecule has 0 amide bonds. The summed E-state index contributed by atoms with van der Waals surface area (Å²) in [6.07, 6.45) is 0. The minimum atomic E-state index is -1.64. The normalized spacial score (nSPS) is 18.5. The molecule has 25 heavy (non-hydrogen) atoms. The third-order valence-corrected chi connectivity index (χ3v) is 6.14. The van der Waals surface area contributed by atoms with E-state index in [1.54, 1.807) is 12.1 Å². The van der Waals surface area contributed by atoms with E-state index in [4.69, 9.17) is 4.74 Å². The maximum absolute atomic E-state index is 13.5. The van der Waals surface area contributed by atoms with Crippen LogP contribution in [0.4, 0.5) is 15.8 Å². The summed E-state index contributed by atoms with van der Waals surface area (Å²) < 4.78 is 21.4. The number of para-hydroxylation sites is 1. The molecule has 1 fully saturated rings. The molecule has 0 spiro atoms. The monoisotopic (exact) mass is 361 g/mol. The fourth-order valence-corrected chi connectivity index (χ4v) is 4.68. The summed E-state index contributed by atoms with van der Waals surface area (Å²) in [5, 5.41) is 3.96. The van der Waals surface area contributed by atoms with Crippen molar-refractivity contribution in [2.75, 3.05) is 48.9 Å². The molecule has 0 bridgehead atoms. The zero-order valence-electron chi connectivity index (χ0n) is 13.9. The first-order valence-corrected chi connectivity index (χ1v) is 9.72. The average Bonchev–Trinajstić information content (AvgIpc) is 2.67. The fraction of sp³-hybridized carbons (Fsp3) is 0.333. The van der Waals surface area contributed by atoms with E-state index in [1.807, 2.05) is 16.8 Å². The summed E-state index contributed by atoms with van der Waals surface area (Å²) in [7, 11) is -1.64. The van der Waals surface area contributed by atoms with Crippen LogP contribution in [0.25, 0.3) is 0 Å². The zero-order valence-corrected chi connectivity index (χ0v) is 14.8. The number of piperazine rings is 1. The van der Waals surface area contributed by atoms with Crippen LogP contribution in [0, 0.1) is 5.82 Å². The number of anilines is 2. The Morgan fingerprint density at radius 2 is 1.80 bits per heavy atom. The number of rotatable bonds is 3. The smallest absolute Gasteiger partial charge is 0.166 e. The molecule has 2 N–H and O–H groups in total. The quantitative estimate of drug-likeness (QED) is 0.820. The predicted molar refractivity (Wildman–Crippen MR) is 99.5 cm³/mol. The highest BCUT2D eigenvalue weighted by Crippen LogP contribution is 2.48. The van der Waals surface area contributed by atoms with E-state index in [0.29, 0.717) is 18.5 Å². The Morgan fingerprint density at radius 3 is 2.60 bits per heavy atom. The van der Waals surface area contributed by atoms with Crippen LogP contribution in [0.15, 0.2) is 42.5 Å². The van der Waals surface area contributed by atoms with Crippen LogP contribution >= 0.6 is 8.30 Å². The largest absolute Gasteiger partial charge is 0.487 e. The van der Waals surface area contributed by atoms with Gasteiger partial charge in [0.15, 0.2) is 14.0 Å². The van der Waals surface area contributed by atoms with E-state index >= 15 is 0 Å². The van der Waals surface area contributed by atoms with Crippen molar-refractivity contribution in [2.45, 2.75) is 0 Å². The highest BCUT2D eigenvalue weighted by Gasteiger charge is 2.29. The van der Waals surface area contributed by atoms with Crippen molar-refractivity contribution in [1.82, 2.24) is 5.32 Å². The summed E-state index contributed by atoms with van der Waals surface area (Å²) in [4.78, 5) is 13.2. The predicted octanol–water partition coefficient (Wildman–Crippen LogP) is 2.06. The molecule has 1 unspecified atom stereocenters. The second-order valence-electron chi connectivity index (χ2n) is 6.10. The molecule has 1 saturated heterocycles. The first-order valence-electron chi connectivity index (χ1n) is 8.47. The van der Waals surface area contributed by atoms with E-state index in [2.05, 4.69) is 16.3 Å². The van der Waals surface area contributed by atoms with Gasteiger partial charge in [-0.3, -0.25) is 0 Å². The molecule has 7 heteroatoms. The van der Waals surface area contributed by atoms with Crippen LogP contribution in [0.3, 0.4) is 0 Å². The molecule has 0 saturated carbocycles. The lowest BCUT2D eigenvalue weighted by Crippen LogP contribution is -2.44. The number of halogens is 1. The zero-order chi connectivity index (χ0) is 17.2. The summed E-state index contributed by atoms with van der Waals surface area (Å²) in [5.41, 5.74) is 1.94. The molecule has 2 heterocycles. The number of fused-ring (bicyclic) bond motifs is 1. The Morgan fingerprint density at radius 1 is 1.04 bits per heavy atom. The van der Waals surface area contributed by atoms with Gasteiger partial charge in [-0.15, -0.1) is 0 Å². The Kier molecular flexibility index (Phi) is 4.75. The molecule has 0 aliphatic carbocycles. The molecule has 2 aliphatic heterocycles. The number of nitrogens with zero attached hydrogens (tertiary/aromatic N) is 2. The highest BCUT2D eigenvalue weighted by atomic mass is 31.2. The lowest BCUT2D eigenvalue weighted by molar-refractivity contribution is 0.315. The van der Waals surface area contributed by atoms with Crippen LogP contribution in [0.5, 0.6) is 5.75 Å². The summed E-state index contributed by atoms with van der Waals surface area (Å²) in [6.45, 7) is 4.84. The van der Waals surface area contributed by atoms with Crippen LogP contribution in [-0.2, 0) is 0 Å². The van der Waals surface area contributed by atoms with Crippen LogP contribution in [-0.4, -0.2) is 44.2 Å². The van der Waals surface area contributed by atoms with Crippen LogP contribution in [0.1, 0.15) is 0 Å². The van der Waals surface area contributed by atoms with Gasteiger partial charge >= 0.3 is 0 Å². The number of hydrogen-bond donors (Lipinski definition) is 2. The Labute approximate surface area is 147 Å². The average molecular weight is 361 g/mol. The molecule has 4 rings (SSSR count). The first kappa shape index (κ1) is 16.6. The molecule has 5 nitrogen and oxygen atoms in total. The van der Waals surface area contributed by atoms with Crippen molar-refractivity contribution >= 4 is 25.0 Å². The van der Waals surface area contributed by atoms with Crippen molar-refractivity contribution in [1.29, 1.82) is 0 Å². The Hall–Kier alpha value is -1.88. The molecular formula is C18H21FN3O2P. The van der Waals surface area contributed by atoms with E-state index in [1.165, 1.54) is 12.1 Å². The first-order chi connectivity index (χ1) is 12.2. The second kappa shape index (κ2) is 7.16. The Balaban J connectivity index is 1.68. The minimum absolute atomic E-state index is 0.331. The van der Waals surface area contributed by atoms with Crippen molar-refractivity contribution in [3.05, 3.63) is 48.3 Å². The van der Waals surface area contributed by atoms with Gasteiger partial charge in [-0.2, -0.15) is 0 Å². The third kappa shape index (κ3) is 3.30. The van der Waals surface area contributed by atoms with Gasteiger partial charge in [0.1, 0.15) is 12.4 Å². The van der Waals surface area contributed by atoms with Gasteiger partial charge in [-0.25, -0.2) is 4.39 Å². The molecule has 1 atom stereocenters. The molecular weight excluding hydrogens is 340 g/mol. The van der Waals surface area contributed by atoms with Gasteiger partial charge in [0, 0.05) is 31.5 Å². The third-order valence-electron chi connectivity index (χ3n) is 4.53. The number of hydrogen-bond acceptors (Lipinski definition) is 5. The Bertz CT molecular complexity index is 755. The van der Waals surface area contributed by atoms with Crippen molar-refractivity contribution < 1.29 is 14.0 Å². The molecule has 2 aromatic rings. The summed E-state index contributed by atoms with van der Waals surface area (Å²) in [6, 6.07) is 12.2. The van der Waals surface area contributed by atoms with Crippen molar-refractivity contribution in [3.8, 4) is 5.75 Å². The van der Waals surface area contributed by atoms with Gasteiger partial charge in [-0.05, 0) is 24.3 Å². The van der Waals surface area contributed by atoms with Crippen LogP contribution in [0.2, 0.25) is 0 Å². The topological polar surface area (TPSA) is 48.0 Å². The van der Waals surface area contributed by atoms with E-state index < -0.39 is 8.30 Å². The fourth-order valence-electron chi connectivity index (χ4n) is 3.31. The SMILES string of the molecule is OP(c1cccc(F)c1)N1CCOc2c(N3CCNCC3)cccc21. The van der Waals surface area contributed by atoms with Gasteiger partial charge in [0.2, 0.25) is 0 Å². The standard InChI is InChI=1S/C18H21FN3O2P/c19-14-3-1-4-15(13-14)25(23)22-11-12-24-18-16(5-2-6-17(18)22)21-9-7-20-8-10-21/h1-6,13,20,23H,7-12H2. The lowest BCUT2D eigenvalue weighted by atomic mass is 10.2. The van der Waals surface area contributed by atoms with Crippen molar-refractivity contribution in [2.24, 2.45) is 0 Å². The molecule has 2 aromatic carbocycles. The van der Waals surface area contributed by atoms with E-state index in [9.17, 15) is 9.28 Å². The van der Waals surface area contributed by atoms with E-state index in [-0.39, 0.29) is 5.82 Å². The molecule has 0 radical (unpaired) electrons. The van der Waals surface area contributed by atoms with Gasteiger partial charge in [-0.1, -0.05) is 18.2 Å². The maximum atomic E-state index is 13.5.